The molecule has 2 heterocycles. The summed E-state index contributed by atoms with van der Waals surface area (Å²) in [5.74, 6) is 3.49. The van der Waals surface area contributed by atoms with E-state index in [0.29, 0.717) is 64.3 Å². The summed E-state index contributed by atoms with van der Waals surface area (Å²) in [7, 11) is 7.12. The highest BCUT2D eigenvalue weighted by Gasteiger charge is 2.25. The molecule has 11 heteroatoms. The highest BCUT2D eigenvalue weighted by Crippen LogP contribution is 2.41. The molecule has 41 heavy (non-hydrogen) atoms. The first-order valence-electron chi connectivity index (χ1n) is 12.8. The standard InChI is InChI=1S/C30H34N2O8S/c1-35-22-11-10-19(15-23(22)36-2)18-32-29-21(9-7-12-31-29)26(33)28(30(32)34)41(6)14-8-13-40-20-16-24(37-3)27(39-5)25(17-20)38-4/h7,9-12,15-17H,8,13-14,18H2,1-6H3. The Morgan fingerprint density at radius 1 is 0.878 bits per heavy atom. The minimum absolute atomic E-state index is 0.224. The normalized spacial score (nSPS) is 11.7. The molecule has 0 bridgehead atoms. The maximum atomic E-state index is 13.8. The van der Waals surface area contributed by atoms with Crippen molar-refractivity contribution in [1.82, 2.24) is 9.55 Å². The van der Waals surface area contributed by atoms with E-state index in [4.69, 9.17) is 28.4 Å². The van der Waals surface area contributed by atoms with Crippen molar-refractivity contribution < 1.29 is 33.5 Å². The molecule has 4 aromatic rings. The fraction of sp³-hybridized carbons (Fsp3) is 0.333. The number of methoxy groups -OCH3 is 5. The molecule has 218 valence electrons. The van der Waals surface area contributed by atoms with Gasteiger partial charge in [0, 0.05) is 41.0 Å². The number of aromatic nitrogens is 2. The van der Waals surface area contributed by atoms with Crippen molar-refractivity contribution in [2.45, 2.75) is 17.9 Å². The average Bonchev–Trinajstić information content (AvgIpc) is 3.00. The largest absolute Gasteiger partial charge is 0.868 e. The van der Waals surface area contributed by atoms with Crippen LogP contribution in [0.3, 0.4) is 0 Å². The molecule has 0 radical (unpaired) electrons. The molecule has 2 aromatic heterocycles. The third kappa shape index (κ3) is 6.25. The number of pyridine rings is 2. The molecule has 2 aromatic carbocycles. The molecule has 0 N–H and O–H groups in total. The topological polar surface area (TPSA) is 113 Å². The van der Waals surface area contributed by atoms with Gasteiger partial charge in [-0.2, -0.15) is 0 Å². The van der Waals surface area contributed by atoms with Gasteiger partial charge in [-0.25, -0.2) is 4.98 Å². The van der Waals surface area contributed by atoms with Crippen LogP contribution < -0.4 is 39.1 Å². The Labute approximate surface area is 241 Å². The van der Waals surface area contributed by atoms with Gasteiger partial charge >= 0.3 is 5.56 Å². The van der Waals surface area contributed by atoms with Gasteiger partial charge in [0.2, 0.25) is 10.6 Å². The number of rotatable bonds is 13. The van der Waals surface area contributed by atoms with E-state index >= 15 is 0 Å². The van der Waals surface area contributed by atoms with Crippen LogP contribution in [0.4, 0.5) is 0 Å². The lowest BCUT2D eigenvalue weighted by Crippen LogP contribution is -2.30. The zero-order valence-electron chi connectivity index (χ0n) is 24.0. The molecule has 0 amide bonds. The van der Waals surface area contributed by atoms with Crippen LogP contribution in [0.2, 0.25) is 0 Å². The lowest BCUT2D eigenvalue weighted by atomic mass is 10.2. The third-order valence-electron chi connectivity index (χ3n) is 6.57. The summed E-state index contributed by atoms with van der Waals surface area (Å²) in [5.41, 5.74) is 0.826. The average molecular weight is 583 g/mol. The monoisotopic (exact) mass is 582 g/mol. The van der Waals surface area contributed by atoms with Crippen LogP contribution in [0.25, 0.3) is 11.0 Å². The van der Waals surface area contributed by atoms with Gasteiger partial charge in [0.25, 0.3) is 0 Å². The first-order valence-corrected chi connectivity index (χ1v) is 14.6. The van der Waals surface area contributed by atoms with Gasteiger partial charge in [-0.05, 0) is 29.5 Å². The van der Waals surface area contributed by atoms with Gasteiger partial charge in [-0.3, -0.25) is 9.36 Å². The maximum Gasteiger partial charge on any atom is 0.307 e. The molecule has 0 aliphatic carbocycles. The summed E-state index contributed by atoms with van der Waals surface area (Å²) in [6.07, 6.45) is 4.12. The van der Waals surface area contributed by atoms with Gasteiger partial charge in [-0.1, -0.05) is 12.1 Å². The molecule has 0 saturated carbocycles. The Bertz CT molecular complexity index is 1550. The van der Waals surface area contributed by atoms with E-state index < -0.39 is 10.9 Å². The van der Waals surface area contributed by atoms with Crippen LogP contribution in [0.5, 0.6) is 40.2 Å². The molecule has 0 saturated heterocycles. The summed E-state index contributed by atoms with van der Waals surface area (Å²) >= 11 is 0. The predicted molar refractivity (Wildman–Crippen MR) is 157 cm³/mol. The van der Waals surface area contributed by atoms with Crippen LogP contribution in [0.15, 0.2) is 58.4 Å². The van der Waals surface area contributed by atoms with E-state index in [0.717, 1.165) is 5.56 Å². The van der Waals surface area contributed by atoms with Crippen molar-refractivity contribution in [2.75, 3.05) is 54.2 Å². The smallest absolute Gasteiger partial charge is 0.307 e. The zero-order chi connectivity index (χ0) is 29.5. The second kappa shape index (κ2) is 13.4. The summed E-state index contributed by atoms with van der Waals surface area (Å²) in [5, 5.41) is 13.9. The summed E-state index contributed by atoms with van der Waals surface area (Å²) < 4.78 is 34.4. The summed E-state index contributed by atoms with van der Waals surface area (Å²) in [6, 6.07) is 12.3. The Balaban J connectivity index is 1.56. The molecule has 0 fully saturated rings. The molecule has 0 aliphatic heterocycles. The third-order valence-corrected chi connectivity index (χ3v) is 8.53. The van der Waals surface area contributed by atoms with Crippen LogP contribution in [-0.4, -0.2) is 63.7 Å². The second-order valence-corrected chi connectivity index (χ2v) is 11.1. The Hall–Kier alpha value is -4.25. The number of ether oxygens (including phenoxy) is 6. The maximum absolute atomic E-state index is 13.8. The number of hydrogen-bond acceptors (Lipinski definition) is 9. The quantitative estimate of drug-likeness (QED) is 0.172. The SMILES string of the molecule is COc1ccc(Cn2c(=O)c([S+](C)CCCOc3cc(OC)c(OC)c(OC)c3)c([O-])c3cccnc32)cc1OC. The van der Waals surface area contributed by atoms with Gasteiger partial charge in [0.05, 0.1) is 48.7 Å². The van der Waals surface area contributed by atoms with Crippen molar-refractivity contribution in [1.29, 1.82) is 0 Å². The van der Waals surface area contributed by atoms with Gasteiger partial charge in [-0.15, -0.1) is 0 Å². The van der Waals surface area contributed by atoms with E-state index in [1.165, 1.54) is 7.11 Å². The van der Waals surface area contributed by atoms with E-state index in [-0.39, 0.29) is 22.7 Å². The predicted octanol–water partition coefficient (Wildman–Crippen LogP) is 3.64. The molecule has 10 nitrogen and oxygen atoms in total. The van der Waals surface area contributed by atoms with Crippen molar-refractivity contribution in [3.63, 3.8) is 0 Å². The minimum Gasteiger partial charge on any atom is -0.868 e. The van der Waals surface area contributed by atoms with Gasteiger partial charge in [0.1, 0.15) is 23.4 Å². The van der Waals surface area contributed by atoms with E-state index in [1.807, 2.05) is 18.4 Å². The highest BCUT2D eigenvalue weighted by molar-refractivity contribution is 7.96. The number of nitrogens with zero attached hydrogens (tertiary/aromatic N) is 2. The fourth-order valence-electron chi connectivity index (χ4n) is 4.55. The van der Waals surface area contributed by atoms with E-state index in [9.17, 15) is 9.90 Å². The fourth-order valence-corrected chi connectivity index (χ4v) is 6.14. The first-order chi connectivity index (χ1) is 19.9. The molecular weight excluding hydrogens is 548 g/mol. The summed E-state index contributed by atoms with van der Waals surface area (Å²) in [4.78, 5) is 18.4. The lowest BCUT2D eigenvalue weighted by molar-refractivity contribution is -0.270. The van der Waals surface area contributed by atoms with Crippen molar-refractivity contribution in [3.8, 4) is 40.2 Å². The molecule has 0 spiro atoms. The summed E-state index contributed by atoms with van der Waals surface area (Å²) in [6.45, 7) is 0.598. The Morgan fingerprint density at radius 3 is 2.20 bits per heavy atom. The molecule has 1 atom stereocenters. The number of benzene rings is 2. The molecule has 0 aliphatic rings. The molecule has 4 rings (SSSR count). The van der Waals surface area contributed by atoms with Gasteiger partial charge in [0.15, 0.2) is 23.0 Å². The first kappa shape index (κ1) is 29.7. The number of fused-ring (bicyclic) bond motifs is 1. The van der Waals surface area contributed by atoms with Crippen LogP contribution in [0, 0.1) is 0 Å². The van der Waals surface area contributed by atoms with E-state index in [1.54, 1.807) is 69.5 Å². The minimum atomic E-state index is -0.635. The van der Waals surface area contributed by atoms with Crippen LogP contribution >= 0.6 is 0 Å². The second-order valence-electron chi connectivity index (χ2n) is 9.02. The van der Waals surface area contributed by atoms with Crippen LogP contribution in [-0.2, 0) is 17.4 Å². The molecule has 1 unspecified atom stereocenters. The van der Waals surface area contributed by atoms with Crippen LogP contribution in [0.1, 0.15) is 12.0 Å². The van der Waals surface area contributed by atoms with Crippen molar-refractivity contribution >= 4 is 21.9 Å². The van der Waals surface area contributed by atoms with E-state index in [2.05, 4.69) is 4.98 Å². The van der Waals surface area contributed by atoms with Crippen molar-refractivity contribution in [3.05, 3.63) is 64.6 Å². The highest BCUT2D eigenvalue weighted by atomic mass is 32.2. The Morgan fingerprint density at radius 2 is 1.56 bits per heavy atom. The Kier molecular flexibility index (Phi) is 9.72. The zero-order valence-corrected chi connectivity index (χ0v) is 24.8. The number of hydrogen-bond donors (Lipinski definition) is 0. The molecular formula is C30H34N2O8S. The van der Waals surface area contributed by atoms with Gasteiger partial charge < -0.3 is 33.5 Å². The lowest BCUT2D eigenvalue weighted by Gasteiger charge is -2.19. The van der Waals surface area contributed by atoms with Crippen molar-refractivity contribution in [2.24, 2.45) is 0 Å².